The molecule has 1 heterocycles. The van der Waals surface area contributed by atoms with E-state index < -0.39 is 0 Å². The third-order valence-corrected chi connectivity index (χ3v) is 3.55. The molecule has 4 heteroatoms. The van der Waals surface area contributed by atoms with Crippen LogP contribution in [0.5, 0.6) is 0 Å². The molecule has 1 aromatic carbocycles. The molecule has 18 heavy (non-hydrogen) atoms. The van der Waals surface area contributed by atoms with E-state index in [1.165, 1.54) is 5.39 Å². The van der Waals surface area contributed by atoms with Crippen LogP contribution in [0.1, 0.15) is 20.3 Å². The second kappa shape index (κ2) is 5.67. The molecule has 2 aromatic rings. The molecule has 1 aromatic heterocycles. The molecular formula is C14H18BrN3. The molecule has 0 spiro atoms. The maximum absolute atomic E-state index is 5.82. The van der Waals surface area contributed by atoms with E-state index in [2.05, 4.69) is 39.2 Å². The molecule has 0 aliphatic carbocycles. The summed E-state index contributed by atoms with van der Waals surface area (Å²) in [4.78, 5) is 4.42. The zero-order valence-electron chi connectivity index (χ0n) is 10.7. The first-order valence-corrected chi connectivity index (χ1v) is 6.92. The van der Waals surface area contributed by atoms with Crippen molar-refractivity contribution < 1.29 is 0 Å². The van der Waals surface area contributed by atoms with Crippen LogP contribution in [0.3, 0.4) is 0 Å². The van der Waals surface area contributed by atoms with Crippen molar-refractivity contribution in [2.75, 3.05) is 5.32 Å². The number of aromatic nitrogens is 1. The number of nitrogens with one attached hydrogen (secondary N) is 1. The number of nitrogens with two attached hydrogens (primary N) is 1. The Labute approximate surface area is 116 Å². The minimum atomic E-state index is 0.189. The Balaban J connectivity index is 2.31. The maximum atomic E-state index is 5.82. The van der Waals surface area contributed by atoms with Gasteiger partial charge >= 0.3 is 0 Å². The number of rotatable bonds is 4. The Kier molecular flexibility index (Phi) is 4.19. The molecule has 0 aliphatic rings. The summed E-state index contributed by atoms with van der Waals surface area (Å²) in [7, 11) is 0. The van der Waals surface area contributed by atoms with Gasteiger partial charge < -0.3 is 11.1 Å². The zero-order valence-corrected chi connectivity index (χ0v) is 12.2. The third-order valence-electron chi connectivity index (χ3n) is 2.86. The Morgan fingerprint density at radius 3 is 2.78 bits per heavy atom. The largest absolute Gasteiger partial charge is 0.367 e. The Bertz CT molecular complexity index is 540. The van der Waals surface area contributed by atoms with Crippen LogP contribution in [0.2, 0.25) is 0 Å². The van der Waals surface area contributed by atoms with Crippen LogP contribution in [0.25, 0.3) is 10.8 Å². The van der Waals surface area contributed by atoms with Crippen LogP contribution in [0.15, 0.2) is 34.9 Å². The van der Waals surface area contributed by atoms with Crippen LogP contribution in [0.4, 0.5) is 5.82 Å². The van der Waals surface area contributed by atoms with E-state index in [4.69, 9.17) is 5.73 Å². The van der Waals surface area contributed by atoms with Gasteiger partial charge in [-0.2, -0.15) is 0 Å². The average Bonchev–Trinajstić information content (AvgIpc) is 2.29. The van der Waals surface area contributed by atoms with Crippen molar-refractivity contribution in [3.8, 4) is 0 Å². The molecular weight excluding hydrogens is 290 g/mol. The van der Waals surface area contributed by atoms with Gasteiger partial charge in [0, 0.05) is 33.5 Å². The van der Waals surface area contributed by atoms with Crippen molar-refractivity contribution in [2.45, 2.75) is 32.4 Å². The number of anilines is 1. The number of hydrogen-bond donors (Lipinski definition) is 2. The Morgan fingerprint density at radius 1 is 1.28 bits per heavy atom. The molecule has 2 atom stereocenters. The van der Waals surface area contributed by atoms with Crippen molar-refractivity contribution in [3.63, 3.8) is 0 Å². The molecule has 3 nitrogen and oxygen atoms in total. The molecule has 0 fully saturated rings. The van der Waals surface area contributed by atoms with E-state index in [1.54, 1.807) is 0 Å². The smallest absolute Gasteiger partial charge is 0.134 e. The number of benzene rings is 1. The molecule has 2 unspecified atom stereocenters. The van der Waals surface area contributed by atoms with Crippen LogP contribution in [0, 0.1) is 0 Å². The number of hydrogen-bond acceptors (Lipinski definition) is 3. The fraction of sp³-hybridized carbons (Fsp3) is 0.357. The molecule has 0 saturated carbocycles. The first-order chi connectivity index (χ1) is 8.58. The second-order valence-corrected chi connectivity index (χ2v) is 5.61. The first-order valence-electron chi connectivity index (χ1n) is 6.13. The minimum Gasteiger partial charge on any atom is -0.367 e. The molecule has 0 amide bonds. The van der Waals surface area contributed by atoms with Gasteiger partial charge in [0.2, 0.25) is 0 Å². The normalized spacial score (nSPS) is 14.4. The molecule has 0 saturated heterocycles. The summed E-state index contributed by atoms with van der Waals surface area (Å²) in [6, 6.07) is 8.65. The average molecular weight is 308 g/mol. The maximum Gasteiger partial charge on any atom is 0.134 e. The summed E-state index contributed by atoms with van der Waals surface area (Å²) in [5, 5.41) is 5.73. The number of pyridine rings is 1. The van der Waals surface area contributed by atoms with Gasteiger partial charge in [0.25, 0.3) is 0 Å². The van der Waals surface area contributed by atoms with Crippen molar-refractivity contribution in [1.82, 2.24) is 4.98 Å². The highest BCUT2D eigenvalue weighted by Gasteiger charge is 2.09. The lowest BCUT2D eigenvalue weighted by molar-refractivity contribution is 0.604. The summed E-state index contributed by atoms with van der Waals surface area (Å²) < 4.78 is 1.09. The van der Waals surface area contributed by atoms with E-state index in [-0.39, 0.29) is 6.04 Å². The van der Waals surface area contributed by atoms with E-state index >= 15 is 0 Å². The van der Waals surface area contributed by atoms with Gasteiger partial charge in [0.1, 0.15) is 5.82 Å². The van der Waals surface area contributed by atoms with Gasteiger partial charge in [0.15, 0.2) is 0 Å². The minimum absolute atomic E-state index is 0.189. The predicted octanol–water partition coefficient (Wildman–Crippen LogP) is 3.54. The fourth-order valence-electron chi connectivity index (χ4n) is 2.13. The van der Waals surface area contributed by atoms with Gasteiger partial charge in [-0.1, -0.05) is 28.1 Å². The quantitative estimate of drug-likeness (QED) is 0.908. The van der Waals surface area contributed by atoms with Crippen LogP contribution in [-0.4, -0.2) is 17.1 Å². The van der Waals surface area contributed by atoms with Crippen LogP contribution < -0.4 is 11.1 Å². The van der Waals surface area contributed by atoms with Gasteiger partial charge in [-0.05, 0) is 32.4 Å². The van der Waals surface area contributed by atoms with Crippen molar-refractivity contribution in [2.24, 2.45) is 5.73 Å². The van der Waals surface area contributed by atoms with Crippen molar-refractivity contribution in [3.05, 3.63) is 34.9 Å². The third kappa shape index (κ3) is 3.00. The van der Waals surface area contributed by atoms with Crippen LogP contribution >= 0.6 is 15.9 Å². The van der Waals surface area contributed by atoms with Crippen LogP contribution in [-0.2, 0) is 0 Å². The Hall–Kier alpha value is -1.13. The molecule has 0 radical (unpaired) electrons. The summed E-state index contributed by atoms with van der Waals surface area (Å²) >= 11 is 3.56. The molecule has 0 aliphatic heterocycles. The van der Waals surface area contributed by atoms with Gasteiger partial charge in [-0.25, -0.2) is 4.98 Å². The fourth-order valence-corrected chi connectivity index (χ4v) is 2.63. The van der Waals surface area contributed by atoms with Crippen molar-refractivity contribution >= 4 is 32.5 Å². The van der Waals surface area contributed by atoms with E-state index in [1.807, 2.05) is 31.3 Å². The lowest BCUT2D eigenvalue weighted by Gasteiger charge is -2.17. The zero-order chi connectivity index (χ0) is 13.1. The number of fused-ring (bicyclic) bond motifs is 1. The van der Waals surface area contributed by atoms with Gasteiger partial charge in [-0.15, -0.1) is 0 Å². The Morgan fingerprint density at radius 2 is 2.06 bits per heavy atom. The van der Waals surface area contributed by atoms with E-state index in [0.29, 0.717) is 6.04 Å². The lowest BCUT2D eigenvalue weighted by atomic mass is 10.1. The SMILES string of the molecule is CC(N)CC(C)Nc1nccc2c(Br)cccc12. The second-order valence-electron chi connectivity index (χ2n) is 4.75. The molecule has 3 N–H and O–H groups in total. The van der Waals surface area contributed by atoms with Crippen molar-refractivity contribution in [1.29, 1.82) is 0 Å². The van der Waals surface area contributed by atoms with Gasteiger partial charge in [-0.3, -0.25) is 0 Å². The molecule has 96 valence electrons. The monoisotopic (exact) mass is 307 g/mol. The standard InChI is InChI=1S/C14H18BrN3/c1-9(16)8-10(2)18-14-12-4-3-5-13(15)11(12)6-7-17-14/h3-7,9-10H,8,16H2,1-2H3,(H,17,18). The summed E-state index contributed by atoms with van der Waals surface area (Å²) in [6.07, 6.45) is 2.75. The highest BCUT2D eigenvalue weighted by atomic mass is 79.9. The highest BCUT2D eigenvalue weighted by Crippen LogP contribution is 2.28. The van der Waals surface area contributed by atoms with E-state index in [0.717, 1.165) is 22.1 Å². The van der Waals surface area contributed by atoms with Gasteiger partial charge in [0.05, 0.1) is 0 Å². The molecule has 0 bridgehead atoms. The summed E-state index contributed by atoms with van der Waals surface area (Å²) in [5.74, 6) is 0.918. The number of halogens is 1. The first kappa shape index (κ1) is 13.3. The predicted molar refractivity (Wildman–Crippen MR) is 80.8 cm³/mol. The topological polar surface area (TPSA) is 50.9 Å². The lowest BCUT2D eigenvalue weighted by Crippen LogP contribution is -2.26. The highest BCUT2D eigenvalue weighted by molar-refractivity contribution is 9.10. The summed E-state index contributed by atoms with van der Waals surface area (Å²) in [6.45, 7) is 4.15. The number of nitrogens with zero attached hydrogens (tertiary/aromatic N) is 1. The summed E-state index contributed by atoms with van der Waals surface area (Å²) in [5.41, 5.74) is 5.82. The molecule has 2 rings (SSSR count). The van der Waals surface area contributed by atoms with E-state index in [9.17, 15) is 0 Å².